The van der Waals surface area contributed by atoms with Crippen molar-refractivity contribution in [2.75, 3.05) is 0 Å². The first kappa shape index (κ1) is 32.8. The van der Waals surface area contributed by atoms with Gasteiger partial charge in [-0.3, -0.25) is 0 Å². The molecule has 0 unspecified atom stereocenters. The molecule has 0 radical (unpaired) electrons. The van der Waals surface area contributed by atoms with Crippen molar-refractivity contribution in [2.45, 2.75) is 0 Å². The zero-order valence-electron chi connectivity index (χ0n) is 31.1. The van der Waals surface area contributed by atoms with Crippen molar-refractivity contribution >= 4 is 71.1 Å². The van der Waals surface area contributed by atoms with Gasteiger partial charge in [-0.05, 0) is 45.8 Å². The number of carboxylic acids is 1. The molecule has 8 aromatic carbocycles. The maximum absolute atomic E-state index is 12.6. The first-order chi connectivity index (χ1) is 27.9. The van der Waals surface area contributed by atoms with Crippen LogP contribution in [0.25, 0.3) is 110 Å². The summed E-state index contributed by atoms with van der Waals surface area (Å²) < 4.78 is 4.32. The number of fused-ring (bicyclic) bond motifs is 12. The monoisotopic (exact) mass is 735 g/mol. The highest BCUT2D eigenvalue weighted by molar-refractivity contribution is 6.25. The quantitative estimate of drug-likeness (QED) is 0.178. The Kier molecular flexibility index (Phi) is 7.15. The van der Waals surface area contributed by atoms with E-state index in [1.54, 1.807) is 12.1 Å². The Balaban J connectivity index is 1.04. The van der Waals surface area contributed by atoms with Crippen LogP contribution in [0.5, 0.6) is 0 Å². The Bertz CT molecular complexity index is 3260. The number of aromatic carboxylic acids is 1. The molecule has 0 saturated carbocycles. The average molecular weight is 736 g/mol. The van der Waals surface area contributed by atoms with E-state index in [1.165, 1.54) is 21.5 Å². The lowest BCUT2D eigenvalue weighted by Crippen LogP contribution is -2.00. The number of imidazole rings is 2. The lowest BCUT2D eigenvalue weighted by atomic mass is 10.00. The third-order valence-electron chi connectivity index (χ3n) is 11.4. The summed E-state index contributed by atoms with van der Waals surface area (Å²) in [5, 5.41) is 19.5. The van der Waals surface area contributed by atoms with Crippen LogP contribution in [0.3, 0.4) is 0 Å². The third-order valence-corrected chi connectivity index (χ3v) is 11.4. The molecule has 0 atom stereocenters. The molecule has 7 heteroatoms. The normalized spacial score (nSPS) is 11.8. The second kappa shape index (κ2) is 12.4. The minimum Gasteiger partial charge on any atom is -0.478 e. The minimum atomic E-state index is -1.02. The number of hydrogen-bond donors (Lipinski definition) is 1. The fourth-order valence-electron chi connectivity index (χ4n) is 8.79. The summed E-state index contributed by atoms with van der Waals surface area (Å²) in [6.07, 6.45) is 0. The Hall–Kier alpha value is -7.64. The van der Waals surface area contributed by atoms with Gasteiger partial charge in [-0.2, -0.15) is 0 Å². The molecule has 57 heavy (non-hydrogen) atoms. The van der Waals surface area contributed by atoms with Gasteiger partial charge in [-0.25, -0.2) is 19.7 Å². The van der Waals surface area contributed by atoms with Crippen molar-refractivity contribution in [3.8, 4) is 45.3 Å². The van der Waals surface area contributed by atoms with Gasteiger partial charge in [0.15, 0.2) is 0 Å². The van der Waals surface area contributed by atoms with Crippen LogP contribution in [0, 0.1) is 0 Å². The molecular formula is C50H33N5O2. The molecule has 0 spiro atoms. The molecule has 0 fully saturated rings. The largest absolute Gasteiger partial charge is 0.478 e. The molecule has 3 heterocycles. The van der Waals surface area contributed by atoms with Crippen LogP contribution in [0.4, 0.5) is 0 Å². The highest BCUT2D eigenvalue weighted by Gasteiger charge is 2.20. The summed E-state index contributed by atoms with van der Waals surface area (Å²) in [6.45, 7) is 0. The standard InChI is InChI=1S/C50H33N5O2/c1-54-46-40-23-9-5-19-36(40)34-17-3-7-21-38(34)44(46)52-48(54)31-15-11-13-29(25-31)42-27-33(50(56)57)28-43(51-42)30-14-12-16-32(26-30)49-53-45-39-22-8-4-18-35(39)37-20-6-10-24-41(37)47(45)55(49)2/h3-28H,1-2H3,(H,56,57). The first-order valence-electron chi connectivity index (χ1n) is 18.9. The minimum absolute atomic E-state index is 0.159. The number of aromatic nitrogens is 5. The molecule has 0 saturated heterocycles. The number of pyridine rings is 1. The van der Waals surface area contributed by atoms with Crippen molar-refractivity contribution in [1.29, 1.82) is 0 Å². The van der Waals surface area contributed by atoms with Crippen LogP contribution in [0.1, 0.15) is 10.4 Å². The van der Waals surface area contributed by atoms with E-state index in [2.05, 4.69) is 120 Å². The average Bonchev–Trinajstić information content (AvgIpc) is 3.81. The Morgan fingerprint density at radius 1 is 0.421 bits per heavy atom. The number of rotatable bonds is 5. The van der Waals surface area contributed by atoms with E-state index < -0.39 is 5.97 Å². The van der Waals surface area contributed by atoms with Crippen LogP contribution in [0.15, 0.2) is 158 Å². The number of benzene rings is 8. The highest BCUT2D eigenvalue weighted by atomic mass is 16.4. The summed E-state index contributed by atoms with van der Waals surface area (Å²) in [7, 11) is 4.12. The molecule has 11 aromatic rings. The first-order valence-corrected chi connectivity index (χ1v) is 18.9. The fourth-order valence-corrected chi connectivity index (χ4v) is 8.79. The van der Waals surface area contributed by atoms with Crippen molar-refractivity contribution in [3.63, 3.8) is 0 Å². The molecule has 0 aliphatic heterocycles. The topological polar surface area (TPSA) is 85.8 Å². The summed E-state index contributed by atoms with van der Waals surface area (Å²) >= 11 is 0. The summed E-state index contributed by atoms with van der Waals surface area (Å²) in [5.74, 6) is 0.618. The zero-order chi connectivity index (χ0) is 38.4. The molecular weight excluding hydrogens is 703 g/mol. The van der Waals surface area contributed by atoms with E-state index in [0.717, 1.165) is 77.5 Å². The molecule has 270 valence electrons. The van der Waals surface area contributed by atoms with Gasteiger partial charge in [0, 0.05) is 57.9 Å². The van der Waals surface area contributed by atoms with Gasteiger partial charge >= 0.3 is 5.97 Å². The number of carbonyl (C=O) groups is 1. The predicted octanol–water partition coefficient (Wildman–Crippen LogP) is 11.8. The molecule has 7 nitrogen and oxygen atoms in total. The van der Waals surface area contributed by atoms with Gasteiger partial charge in [-0.1, -0.05) is 133 Å². The van der Waals surface area contributed by atoms with Gasteiger partial charge in [0.2, 0.25) is 0 Å². The smallest absolute Gasteiger partial charge is 0.335 e. The number of aryl methyl sites for hydroxylation is 2. The van der Waals surface area contributed by atoms with Crippen LogP contribution >= 0.6 is 0 Å². The molecule has 11 rings (SSSR count). The van der Waals surface area contributed by atoms with E-state index in [-0.39, 0.29) is 5.56 Å². The van der Waals surface area contributed by atoms with Crippen molar-refractivity contribution in [2.24, 2.45) is 14.1 Å². The van der Waals surface area contributed by atoms with Crippen LogP contribution < -0.4 is 0 Å². The maximum Gasteiger partial charge on any atom is 0.335 e. The van der Waals surface area contributed by atoms with Gasteiger partial charge in [0.1, 0.15) is 11.6 Å². The number of hydrogen-bond acceptors (Lipinski definition) is 4. The summed E-state index contributed by atoms with van der Waals surface area (Å²) in [4.78, 5) is 28.2. The lowest BCUT2D eigenvalue weighted by molar-refractivity contribution is 0.0697. The van der Waals surface area contributed by atoms with Crippen LogP contribution in [-0.2, 0) is 14.1 Å². The van der Waals surface area contributed by atoms with Crippen LogP contribution in [-0.4, -0.2) is 35.2 Å². The second-order valence-electron chi connectivity index (χ2n) is 14.7. The molecule has 0 amide bonds. The molecule has 0 aliphatic rings. The van der Waals surface area contributed by atoms with E-state index >= 15 is 0 Å². The molecule has 1 N–H and O–H groups in total. The van der Waals surface area contributed by atoms with E-state index in [1.807, 2.05) is 48.5 Å². The van der Waals surface area contributed by atoms with E-state index in [0.29, 0.717) is 11.4 Å². The second-order valence-corrected chi connectivity index (χ2v) is 14.7. The SMILES string of the molecule is Cn1c(-c2cccc(-c3cc(C(=O)O)cc(-c4cccc(-c5nc6c7ccccc7c7ccccc7c6n5C)c4)n3)c2)nc2c3ccccc3c3ccccc3c21. The third kappa shape index (κ3) is 4.99. The maximum atomic E-state index is 12.6. The number of carboxylic acid groups (broad SMARTS) is 1. The summed E-state index contributed by atoms with van der Waals surface area (Å²) in [5.41, 5.74) is 8.73. The highest BCUT2D eigenvalue weighted by Crippen LogP contribution is 2.39. The lowest BCUT2D eigenvalue weighted by Gasteiger charge is -2.11. The van der Waals surface area contributed by atoms with E-state index in [4.69, 9.17) is 15.0 Å². The van der Waals surface area contributed by atoms with Crippen LogP contribution in [0.2, 0.25) is 0 Å². The molecule has 3 aromatic heterocycles. The van der Waals surface area contributed by atoms with Gasteiger partial charge in [-0.15, -0.1) is 0 Å². The van der Waals surface area contributed by atoms with Gasteiger partial charge < -0.3 is 14.2 Å². The fraction of sp³-hybridized carbons (Fsp3) is 0.0400. The Morgan fingerprint density at radius 3 is 1.18 bits per heavy atom. The molecule has 0 aliphatic carbocycles. The molecule has 0 bridgehead atoms. The Morgan fingerprint density at radius 2 is 0.772 bits per heavy atom. The Labute approximate surface area is 326 Å². The summed E-state index contributed by atoms with van der Waals surface area (Å²) in [6, 6.07) is 53.2. The predicted molar refractivity (Wildman–Crippen MR) is 232 cm³/mol. The van der Waals surface area contributed by atoms with Crippen molar-refractivity contribution in [3.05, 3.63) is 163 Å². The van der Waals surface area contributed by atoms with E-state index in [9.17, 15) is 9.90 Å². The number of nitrogens with zero attached hydrogens (tertiary/aromatic N) is 5. The van der Waals surface area contributed by atoms with Gasteiger partial charge in [0.25, 0.3) is 0 Å². The zero-order valence-corrected chi connectivity index (χ0v) is 31.1. The van der Waals surface area contributed by atoms with Gasteiger partial charge in [0.05, 0.1) is 39.0 Å². The van der Waals surface area contributed by atoms with Crippen molar-refractivity contribution in [1.82, 2.24) is 24.1 Å². The van der Waals surface area contributed by atoms with Crippen molar-refractivity contribution < 1.29 is 9.90 Å².